The molecule has 2 aromatic carbocycles. The Morgan fingerprint density at radius 3 is 2.55 bits per heavy atom. The van der Waals surface area contributed by atoms with Crippen molar-refractivity contribution in [2.45, 2.75) is 25.3 Å². The summed E-state index contributed by atoms with van der Waals surface area (Å²) in [7, 11) is 0. The fourth-order valence-corrected chi connectivity index (χ4v) is 2.80. The number of hydrogen-bond donors (Lipinski definition) is 1. The van der Waals surface area contributed by atoms with Gasteiger partial charge < -0.3 is 5.32 Å². The van der Waals surface area contributed by atoms with Gasteiger partial charge >= 0.3 is 0 Å². The summed E-state index contributed by atoms with van der Waals surface area (Å²) in [5.41, 5.74) is 1.72. The highest BCUT2D eigenvalue weighted by molar-refractivity contribution is 5.65. The Kier molecular flexibility index (Phi) is 3.79. The van der Waals surface area contributed by atoms with Gasteiger partial charge in [0.1, 0.15) is 11.6 Å². The van der Waals surface area contributed by atoms with Gasteiger partial charge in [-0.25, -0.2) is 8.78 Å². The largest absolute Gasteiger partial charge is 0.314 e. The van der Waals surface area contributed by atoms with E-state index in [1.807, 2.05) is 0 Å². The summed E-state index contributed by atoms with van der Waals surface area (Å²) in [5, 5.41) is 3.42. The van der Waals surface area contributed by atoms with Gasteiger partial charge in [0.25, 0.3) is 0 Å². The third-order valence-corrected chi connectivity index (χ3v) is 3.84. The molecule has 1 saturated heterocycles. The first-order valence-corrected chi connectivity index (χ1v) is 7.01. The molecule has 0 bridgehead atoms. The standard InChI is InChI=1S/C17H17F2N/c18-16-6-2-1-5-14(16)15-11-12(7-8-17(15)19)10-13-4-3-9-20-13/h1-2,5-8,11,13,20H,3-4,9-10H2. The van der Waals surface area contributed by atoms with Crippen LogP contribution in [0.4, 0.5) is 8.78 Å². The summed E-state index contributed by atoms with van der Waals surface area (Å²) in [4.78, 5) is 0. The van der Waals surface area contributed by atoms with Gasteiger partial charge in [-0.15, -0.1) is 0 Å². The van der Waals surface area contributed by atoms with Crippen molar-refractivity contribution in [3.8, 4) is 11.1 Å². The Morgan fingerprint density at radius 2 is 1.80 bits per heavy atom. The van der Waals surface area contributed by atoms with Crippen molar-refractivity contribution in [1.82, 2.24) is 5.32 Å². The number of nitrogens with one attached hydrogen (secondary N) is 1. The van der Waals surface area contributed by atoms with E-state index < -0.39 is 0 Å². The van der Waals surface area contributed by atoms with Crippen LogP contribution in [0.2, 0.25) is 0 Å². The van der Waals surface area contributed by atoms with Crippen molar-refractivity contribution in [3.63, 3.8) is 0 Å². The molecule has 104 valence electrons. The minimum absolute atomic E-state index is 0.325. The smallest absolute Gasteiger partial charge is 0.131 e. The van der Waals surface area contributed by atoms with E-state index in [0.717, 1.165) is 24.9 Å². The van der Waals surface area contributed by atoms with Crippen LogP contribution in [0, 0.1) is 11.6 Å². The van der Waals surface area contributed by atoms with Crippen LogP contribution in [0.5, 0.6) is 0 Å². The normalized spacial score (nSPS) is 18.4. The summed E-state index contributed by atoms with van der Waals surface area (Å²) in [5.74, 6) is -0.763. The van der Waals surface area contributed by atoms with E-state index in [0.29, 0.717) is 17.2 Å². The van der Waals surface area contributed by atoms with E-state index >= 15 is 0 Å². The lowest BCUT2D eigenvalue weighted by Crippen LogP contribution is -2.23. The molecule has 0 amide bonds. The van der Waals surface area contributed by atoms with Crippen LogP contribution in [-0.4, -0.2) is 12.6 Å². The maximum absolute atomic E-state index is 14.0. The quantitative estimate of drug-likeness (QED) is 0.893. The molecular formula is C17H17F2N. The molecule has 1 fully saturated rings. The zero-order valence-electron chi connectivity index (χ0n) is 11.2. The fourth-order valence-electron chi connectivity index (χ4n) is 2.80. The number of halogens is 2. The van der Waals surface area contributed by atoms with Crippen LogP contribution < -0.4 is 5.32 Å². The van der Waals surface area contributed by atoms with E-state index in [2.05, 4.69) is 5.32 Å². The molecule has 1 atom stereocenters. The van der Waals surface area contributed by atoms with E-state index in [9.17, 15) is 8.78 Å². The number of benzene rings is 2. The monoisotopic (exact) mass is 273 g/mol. The Bertz CT molecular complexity index is 604. The Morgan fingerprint density at radius 1 is 1.00 bits per heavy atom. The van der Waals surface area contributed by atoms with Crippen molar-refractivity contribution in [1.29, 1.82) is 0 Å². The SMILES string of the molecule is Fc1ccccc1-c1cc(CC2CCCN2)ccc1F. The Hall–Kier alpha value is -1.74. The molecule has 2 aromatic rings. The lowest BCUT2D eigenvalue weighted by molar-refractivity contribution is 0.598. The zero-order chi connectivity index (χ0) is 13.9. The Balaban J connectivity index is 1.92. The van der Waals surface area contributed by atoms with Gasteiger partial charge in [0.15, 0.2) is 0 Å². The molecule has 3 rings (SSSR count). The molecule has 1 aliphatic heterocycles. The molecular weight excluding hydrogens is 256 g/mol. The second-order valence-corrected chi connectivity index (χ2v) is 5.29. The minimum atomic E-state index is -0.387. The molecule has 1 aliphatic rings. The predicted octanol–water partition coefficient (Wildman–Crippen LogP) is 3.93. The summed E-state index contributed by atoms with van der Waals surface area (Å²) in [6, 6.07) is 11.8. The van der Waals surface area contributed by atoms with Crippen molar-refractivity contribution >= 4 is 0 Å². The third-order valence-electron chi connectivity index (χ3n) is 3.84. The van der Waals surface area contributed by atoms with Crippen LogP contribution in [0.1, 0.15) is 18.4 Å². The van der Waals surface area contributed by atoms with E-state index in [1.165, 1.54) is 18.6 Å². The molecule has 1 N–H and O–H groups in total. The molecule has 3 heteroatoms. The van der Waals surface area contributed by atoms with Crippen LogP contribution in [0.25, 0.3) is 11.1 Å². The summed E-state index contributed by atoms with van der Waals surface area (Å²) in [6.45, 7) is 1.05. The molecule has 20 heavy (non-hydrogen) atoms. The molecule has 1 nitrogen and oxygen atoms in total. The van der Waals surface area contributed by atoms with Gasteiger partial charge in [-0.3, -0.25) is 0 Å². The number of hydrogen-bond acceptors (Lipinski definition) is 1. The van der Waals surface area contributed by atoms with Gasteiger partial charge in [-0.1, -0.05) is 24.3 Å². The van der Waals surface area contributed by atoms with Crippen molar-refractivity contribution in [2.24, 2.45) is 0 Å². The number of rotatable bonds is 3. The molecule has 0 saturated carbocycles. The van der Waals surface area contributed by atoms with Crippen molar-refractivity contribution < 1.29 is 8.78 Å². The highest BCUT2D eigenvalue weighted by atomic mass is 19.1. The average Bonchev–Trinajstić information content (AvgIpc) is 2.95. The first-order valence-electron chi connectivity index (χ1n) is 7.01. The highest BCUT2D eigenvalue weighted by Crippen LogP contribution is 2.27. The fraction of sp³-hybridized carbons (Fsp3) is 0.294. The zero-order valence-corrected chi connectivity index (χ0v) is 11.2. The summed E-state index contributed by atoms with van der Waals surface area (Å²) < 4.78 is 27.8. The molecule has 0 spiro atoms. The van der Waals surface area contributed by atoms with Gasteiger partial charge in [-0.2, -0.15) is 0 Å². The second-order valence-electron chi connectivity index (χ2n) is 5.29. The van der Waals surface area contributed by atoms with Crippen molar-refractivity contribution in [2.75, 3.05) is 6.54 Å². The molecule has 1 unspecified atom stereocenters. The molecule has 0 aromatic heterocycles. The maximum atomic E-state index is 14.0. The Labute approximate surface area is 117 Å². The summed E-state index contributed by atoms with van der Waals surface area (Å²) >= 11 is 0. The van der Waals surface area contributed by atoms with Crippen LogP contribution in [0.15, 0.2) is 42.5 Å². The van der Waals surface area contributed by atoms with E-state index in [1.54, 1.807) is 30.3 Å². The minimum Gasteiger partial charge on any atom is -0.314 e. The molecule has 0 aliphatic carbocycles. The van der Waals surface area contributed by atoms with Gasteiger partial charge in [0.2, 0.25) is 0 Å². The highest BCUT2D eigenvalue weighted by Gasteiger charge is 2.16. The topological polar surface area (TPSA) is 12.0 Å². The molecule has 1 heterocycles. The van der Waals surface area contributed by atoms with Crippen molar-refractivity contribution in [3.05, 3.63) is 59.7 Å². The average molecular weight is 273 g/mol. The van der Waals surface area contributed by atoms with Crippen LogP contribution in [-0.2, 0) is 6.42 Å². The van der Waals surface area contributed by atoms with E-state index in [4.69, 9.17) is 0 Å². The van der Waals surface area contributed by atoms with Crippen LogP contribution >= 0.6 is 0 Å². The predicted molar refractivity (Wildman–Crippen MR) is 76.5 cm³/mol. The second kappa shape index (κ2) is 5.71. The molecule has 0 radical (unpaired) electrons. The maximum Gasteiger partial charge on any atom is 0.131 e. The third kappa shape index (κ3) is 2.73. The van der Waals surface area contributed by atoms with Crippen LogP contribution in [0.3, 0.4) is 0 Å². The summed E-state index contributed by atoms with van der Waals surface area (Å²) in [6.07, 6.45) is 3.19. The van der Waals surface area contributed by atoms with Gasteiger partial charge in [0.05, 0.1) is 0 Å². The van der Waals surface area contributed by atoms with Gasteiger partial charge in [-0.05, 0) is 49.6 Å². The lowest BCUT2D eigenvalue weighted by Gasteiger charge is -2.12. The first-order chi connectivity index (χ1) is 9.74. The van der Waals surface area contributed by atoms with E-state index in [-0.39, 0.29) is 11.6 Å². The first kappa shape index (κ1) is 13.3. The lowest BCUT2D eigenvalue weighted by atomic mass is 9.98. The van der Waals surface area contributed by atoms with Gasteiger partial charge in [0, 0.05) is 17.2 Å².